The van der Waals surface area contributed by atoms with E-state index >= 15 is 0 Å². The molecule has 0 spiro atoms. The summed E-state index contributed by atoms with van der Waals surface area (Å²) in [4.78, 5) is 20.4. The van der Waals surface area contributed by atoms with Crippen LogP contribution >= 0.6 is 0 Å². The van der Waals surface area contributed by atoms with Crippen molar-refractivity contribution in [2.45, 2.75) is 25.9 Å². The molecule has 0 amide bonds. The second kappa shape index (κ2) is 7.96. The number of benzene rings is 1. The Kier molecular flexibility index (Phi) is 5.25. The molecule has 1 saturated heterocycles. The minimum absolute atomic E-state index is 0.228. The van der Waals surface area contributed by atoms with Gasteiger partial charge in [0.25, 0.3) is 0 Å². The molecule has 6 nitrogen and oxygen atoms in total. The van der Waals surface area contributed by atoms with Gasteiger partial charge in [-0.25, -0.2) is 4.98 Å². The number of ether oxygens (including phenoxy) is 1. The minimum atomic E-state index is -0.670. The number of fused-ring (bicyclic) bond motifs is 2. The molecule has 4 rings (SSSR count). The minimum Gasteiger partial charge on any atom is -0.485 e. The van der Waals surface area contributed by atoms with Gasteiger partial charge in [0.05, 0.1) is 5.92 Å². The molecule has 0 bridgehead atoms. The van der Waals surface area contributed by atoms with E-state index in [1.54, 1.807) is 6.20 Å². The van der Waals surface area contributed by atoms with Gasteiger partial charge in [-0.05, 0) is 50.6 Å². The van der Waals surface area contributed by atoms with Crippen LogP contribution in [0.15, 0.2) is 42.6 Å². The first-order valence-electron chi connectivity index (χ1n) is 9.61. The quantitative estimate of drug-likeness (QED) is 0.875. The standard InChI is InChI=1S/C21H25N3O3/c25-21(26)16-7-4-11-23(14-16)12-5-13-24-18-8-2-1-6-17(18)15-27-19-9-3-10-22-20(19)24/h1-3,6,8-10,16H,4-5,7,11-15H2,(H,25,26). The zero-order valence-electron chi connectivity index (χ0n) is 15.4. The number of carboxylic acids is 1. The fraction of sp³-hybridized carbons (Fsp3) is 0.429. The normalized spacial score (nSPS) is 19.6. The molecule has 1 aromatic carbocycles. The molecule has 2 aliphatic heterocycles. The first-order chi connectivity index (χ1) is 13.2. The second-order valence-corrected chi connectivity index (χ2v) is 7.23. The Bertz CT molecular complexity index is 763. The number of piperidine rings is 1. The number of pyridine rings is 1. The van der Waals surface area contributed by atoms with Crippen LogP contribution in [0.5, 0.6) is 5.75 Å². The molecule has 142 valence electrons. The van der Waals surface area contributed by atoms with Crippen LogP contribution in [0.25, 0.3) is 0 Å². The van der Waals surface area contributed by atoms with Crippen molar-refractivity contribution in [1.82, 2.24) is 9.88 Å². The van der Waals surface area contributed by atoms with Crippen LogP contribution in [0.3, 0.4) is 0 Å². The number of hydrogen-bond donors (Lipinski definition) is 1. The average Bonchev–Trinajstić information content (AvgIpc) is 2.86. The van der Waals surface area contributed by atoms with Gasteiger partial charge in [0.2, 0.25) is 0 Å². The summed E-state index contributed by atoms with van der Waals surface area (Å²) >= 11 is 0. The van der Waals surface area contributed by atoms with Crippen LogP contribution in [0, 0.1) is 5.92 Å². The highest BCUT2D eigenvalue weighted by Crippen LogP contribution is 2.37. The SMILES string of the molecule is O=C(O)C1CCCN(CCCN2c3ccccc3COc3cccnc32)C1. The molecule has 0 saturated carbocycles. The van der Waals surface area contributed by atoms with E-state index < -0.39 is 5.97 Å². The topological polar surface area (TPSA) is 65.9 Å². The first-order valence-corrected chi connectivity index (χ1v) is 9.61. The van der Waals surface area contributed by atoms with E-state index in [2.05, 4.69) is 26.9 Å². The third-order valence-corrected chi connectivity index (χ3v) is 5.38. The molecule has 1 N–H and O–H groups in total. The highest BCUT2D eigenvalue weighted by Gasteiger charge is 2.26. The number of likely N-dealkylation sites (tertiary alicyclic amines) is 1. The molecule has 1 unspecified atom stereocenters. The molecule has 2 aliphatic rings. The highest BCUT2D eigenvalue weighted by molar-refractivity contribution is 5.70. The fourth-order valence-corrected chi connectivity index (χ4v) is 4.00. The number of carboxylic acid groups (broad SMARTS) is 1. The molecule has 1 fully saturated rings. The Hall–Kier alpha value is -2.60. The summed E-state index contributed by atoms with van der Waals surface area (Å²) in [5.74, 6) is 0.756. The molecule has 0 aliphatic carbocycles. The van der Waals surface area contributed by atoms with Gasteiger partial charge in [0.15, 0.2) is 11.6 Å². The predicted molar refractivity (Wildman–Crippen MR) is 103 cm³/mol. The molecule has 3 heterocycles. The molecule has 1 aromatic heterocycles. The Morgan fingerprint density at radius 2 is 2.11 bits per heavy atom. The van der Waals surface area contributed by atoms with E-state index in [9.17, 15) is 9.90 Å². The van der Waals surface area contributed by atoms with Crippen molar-refractivity contribution in [3.63, 3.8) is 0 Å². The van der Waals surface area contributed by atoms with Crippen molar-refractivity contribution in [2.24, 2.45) is 5.92 Å². The van der Waals surface area contributed by atoms with Gasteiger partial charge < -0.3 is 19.6 Å². The number of nitrogens with zero attached hydrogens (tertiary/aromatic N) is 3. The number of aliphatic carboxylic acids is 1. The van der Waals surface area contributed by atoms with Crippen molar-refractivity contribution in [3.8, 4) is 5.75 Å². The number of anilines is 2. The summed E-state index contributed by atoms with van der Waals surface area (Å²) in [5.41, 5.74) is 2.29. The zero-order valence-corrected chi connectivity index (χ0v) is 15.4. The largest absolute Gasteiger partial charge is 0.485 e. The van der Waals surface area contributed by atoms with E-state index in [0.717, 1.165) is 61.7 Å². The van der Waals surface area contributed by atoms with Crippen LogP contribution in [-0.4, -0.2) is 47.1 Å². The van der Waals surface area contributed by atoms with Gasteiger partial charge in [0.1, 0.15) is 6.61 Å². The molecule has 27 heavy (non-hydrogen) atoms. The number of rotatable bonds is 5. The predicted octanol–water partition coefficient (Wildman–Crippen LogP) is 3.30. The summed E-state index contributed by atoms with van der Waals surface area (Å²) in [6.45, 7) is 3.89. The van der Waals surface area contributed by atoms with Crippen LogP contribution in [-0.2, 0) is 11.4 Å². The number of para-hydroxylation sites is 1. The number of carbonyl (C=O) groups is 1. The molecule has 2 aromatic rings. The number of hydrogen-bond acceptors (Lipinski definition) is 5. The van der Waals surface area contributed by atoms with Crippen molar-refractivity contribution in [2.75, 3.05) is 31.1 Å². The highest BCUT2D eigenvalue weighted by atomic mass is 16.5. The van der Waals surface area contributed by atoms with E-state index in [0.29, 0.717) is 13.2 Å². The summed E-state index contributed by atoms with van der Waals surface area (Å²) in [6.07, 6.45) is 4.49. The molecular weight excluding hydrogens is 342 g/mol. The Morgan fingerprint density at radius 1 is 1.22 bits per heavy atom. The van der Waals surface area contributed by atoms with Crippen molar-refractivity contribution in [3.05, 3.63) is 48.2 Å². The summed E-state index contributed by atoms with van der Waals surface area (Å²) < 4.78 is 5.96. The van der Waals surface area contributed by atoms with Gasteiger partial charge in [-0.2, -0.15) is 0 Å². The van der Waals surface area contributed by atoms with E-state index in [1.165, 1.54) is 0 Å². The van der Waals surface area contributed by atoms with Crippen LogP contribution in [0.2, 0.25) is 0 Å². The monoisotopic (exact) mass is 367 g/mol. The Labute approximate surface area is 159 Å². The van der Waals surface area contributed by atoms with Gasteiger partial charge >= 0.3 is 5.97 Å². The van der Waals surface area contributed by atoms with Crippen molar-refractivity contribution >= 4 is 17.5 Å². The maximum Gasteiger partial charge on any atom is 0.307 e. The lowest BCUT2D eigenvalue weighted by atomic mass is 9.98. The fourth-order valence-electron chi connectivity index (χ4n) is 4.00. The first kappa shape index (κ1) is 17.8. The van der Waals surface area contributed by atoms with E-state index in [1.807, 2.05) is 24.3 Å². The summed E-state index contributed by atoms with van der Waals surface area (Å²) in [7, 11) is 0. The van der Waals surface area contributed by atoms with Crippen molar-refractivity contribution in [1.29, 1.82) is 0 Å². The van der Waals surface area contributed by atoms with Gasteiger partial charge in [-0.3, -0.25) is 4.79 Å². The summed E-state index contributed by atoms with van der Waals surface area (Å²) in [5, 5.41) is 9.28. The molecule has 6 heteroatoms. The molecule has 0 radical (unpaired) electrons. The molecular formula is C21H25N3O3. The Balaban J connectivity index is 1.47. The van der Waals surface area contributed by atoms with Gasteiger partial charge in [0, 0.05) is 30.5 Å². The third-order valence-electron chi connectivity index (χ3n) is 5.38. The lowest BCUT2D eigenvalue weighted by molar-refractivity contribution is -0.143. The Morgan fingerprint density at radius 3 is 3.00 bits per heavy atom. The zero-order chi connectivity index (χ0) is 18.6. The third kappa shape index (κ3) is 3.90. The van der Waals surface area contributed by atoms with Crippen LogP contribution < -0.4 is 9.64 Å². The second-order valence-electron chi connectivity index (χ2n) is 7.23. The van der Waals surface area contributed by atoms with Crippen molar-refractivity contribution < 1.29 is 14.6 Å². The maximum absolute atomic E-state index is 11.3. The average molecular weight is 367 g/mol. The van der Waals surface area contributed by atoms with Gasteiger partial charge in [-0.1, -0.05) is 18.2 Å². The van der Waals surface area contributed by atoms with Gasteiger partial charge in [-0.15, -0.1) is 0 Å². The van der Waals surface area contributed by atoms with Crippen LogP contribution in [0.1, 0.15) is 24.8 Å². The lowest BCUT2D eigenvalue weighted by Gasteiger charge is -2.31. The molecule has 1 atom stereocenters. The lowest BCUT2D eigenvalue weighted by Crippen LogP contribution is -2.39. The van der Waals surface area contributed by atoms with Crippen LogP contribution in [0.4, 0.5) is 11.5 Å². The number of aromatic nitrogens is 1. The smallest absolute Gasteiger partial charge is 0.307 e. The summed E-state index contributed by atoms with van der Waals surface area (Å²) in [6, 6.07) is 12.1. The maximum atomic E-state index is 11.3. The van der Waals surface area contributed by atoms with E-state index in [-0.39, 0.29) is 5.92 Å². The van der Waals surface area contributed by atoms with E-state index in [4.69, 9.17) is 4.74 Å².